The highest BCUT2D eigenvalue weighted by Gasteiger charge is 2.39. The van der Waals surface area contributed by atoms with Gasteiger partial charge in [0, 0.05) is 32.3 Å². The van der Waals surface area contributed by atoms with E-state index in [1.54, 1.807) is 12.0 Å². The number of amides is 2. The average molecular weight is 316 g/mol. The summed E-state index contributed by atoms with van der Waals surface area (Å²) < 4.78 is 5.13. The van der Waals surface area contributed by atoms with Crippen molar-refractivity contribution in [2.24, 2.45) is 5.92 Å². The van der Waals surface area contributed by atoms with E-state index in [0.717, 1.165) is 25.1 Å². The summed E-state index contributed by atoms with van der Waals surface area (Å²) in [6.07, 6.45) is 2.30. The summed E-state index contributed by atoms with van der Waals surface area (Å²) in [7, 11) is 1.63. The zero-order chi connectivity index (χ0) is 16.4. The molecule has 1 saturated heterocycles. The van der Waals surface area contributed by atoms with Crippen LogP contribution in [0.1, 0.15) is 25.3 Å². The molecule has 0 spiro atoms. The number of nitrogens with zero attached hydrogens (tertiary/aromatic N) is 2. The summed E-state index contributed by atoms with van der Waals surface area (Å²) in [6.45, 7) is 3.71. The highest BCUT2D eigenvalue weighted by atomic mass is 16.5. The molecular weight excluding hydrogens is 292 g/mol. The van der Waals surface area contributed by atoms with Crippen molar-refractivity contribution in [3.05, 3.63) is 29.8 Å². The molecule has 2 atom stereocenters. The lowest BCUT2D eigenvalue weighted by Gasteiger charge is -2.31. The van der Waals surface area contributed by atoms with E-state index in [9.17, 15) is 9.59 Å². The molecule has 1 aromatic rings. The second kappa shape index (κ2) is 6.71. The Morgan fingerprint density at radius 1 is 1.39 bits per heavy atom. The first-order valence-corrected chi connectivity index (χ1v) is 8.29. The molecule has 23 heavy (non-hydrogen) atoms. The molecule has 0 aromatic heterocycles. The van der Waals surface area contributed by atoms with Crippen molar-refractivity contribution in [1.29, 1.82) is 0 Å². The summed E-state index contributed by atoms with van der Waals surface area (Å²) in [6, 6.07) is 8.09. The number of hydrogen-bond donors (Lipinski definition) is 0. The van der Waals surface area contributed by atoms with Crippen molar-refractivity contribution < 1.29 is 14.3 Å². The molecule has 0 unspecified atom stereocenters. The van der Waals surface area contributed by atoms with Gasteiger partial charge in [0.2, 0.25) is 11.8 Å². The van der Waals surface area contributed by atoms with Crippen molar-refractivity contribution >= 4 is 17.5 Å². The molecule has 0 N–H and O–H groups in total. The SMILES string of the molecule is COC[C@H](C)N1C[C@H](C(=O)N2CCCc3ccccc32)CC1=O. The van der Waals surface area contributed by atoms with E-state index >= 15 is 0 Å². The highest BCUT2D eigenvalue weighted by Crippen LogP contribution is 2.30. The predicted molar refractivity (Wildman–Crippen MR) is 88.3 cm³/mol. The summed E-state index contributed by atoms with van der Waals surface area (Å²) in [4.78, 5) is 28.8. The van der Waals surface area contributed by atoms with Crippen LogP contribution >= 0.6 is 0 Å². The van der Waals surface area contributed by atoms with Crippen LogP contribution in [0.15, 0.2) is 24.3 Å². The van der Waals surface area contributed by atoms with Crippen LogP contribution in [0.3, 0.4) is 0 Å². The fraction of sp³-hybridized carbons (Fsp3) is 0.556. The molecule has 1 aromatic carbocycles. The zero-order valence-corrected chi connectivity index (χ0v) is 13.8. The van der Waals surface area contributed by atoms with E-state index in [0.29, 0.717) is 19.6 Å². The number of carbonyl (C=O) groups excluding carboxylic acids is 2. The minimum atomic E-state index is -0.243. The van der Waals surface area contributed by atoms with Gasteiger partial charge in [-0.1, -0.05) is 18.2 Å². The van der Waals surface area contributed by atoms with Crippen molar-refractivity contribution in [1.82, 2.24) is 4.90 Å². The largest absolute Gasteiger partial charge is 0.383 e. The number of ether oxygens (including phenoxy) is 1. The number of aryl methyl sites for hydroxylation is 1. The molecule has 0 aliphatic carbocycles. The Balaban J connectivity index is 1.74. The second-order valence-electron chi connectivity index (χ2n) is 6.47. The molecule has 5 nitrogen and oxygen atoms in total. The van der Waals surface area contributed by atoms with Crippen LogP contribution in [0.5, 0.6) is 0 Å². The van der Waals surface area contributed by atoms with E-state index < -0.39 is 0 Å². The number of rotatable bonds is 4. The molecule has 0 saturated carbocycles. The molecule has 124 valence electrons. The third kappa shape index (κ3) is 3.11. The van der Waals surface area contributed by atoms with Gasteiger partial charge in [0.1, 0.15) is 0 Å². The molecule has 0 radical (unpaired) electrons. The lowest BCUT2D eigenvalue weighted by atomic mass is 9.99. The molecule has 2 amide bonds. The zero-order valence-electron chi connectivity index (χ0n) is 13.8. The first kappa shape index (κ1) is 16.0. The minimum Gasteiger partial charge on any atom is -0.383 e. The van der Waals surface area contributed by atoms with E-state index in [-0.39, 0.29) is 23.8 Å². The number of para-hydroxylation sites is 1. The van der Waals surface area contributed by atoms with Crippen LogP contribution in [0, 0.1) is 5.92 Å². The van der Waals surface area contributed by atoms with Gasteiger partial charge < -0.3 is 14.5 Å². The van der Waals surface area contributed by atoms with Gasteiger partial charge >= 0.3 is 0 Å². The molecule has 1 fully saturated rings. The Bertz CT molecular complexity index is 602. The van der Waals surface area contributed by atoms with Gasteiger partial charge in [0.25, 0.3) is 0 Å². The Hall–Kier alpha value is -1.88. The van der Waals surface area contributed by atoms with Crippen molar-refractivity contribution in [2.45, 2.75) is 32.2 Å². The smallest absolute Gasteiger partial charge is 0.232 e. The number of carbonyl (C=O) groups is 2. The van der Waals surface area contributed by atoms with Crippen LogP contribution < -0.4 is 4.90 Å². The fourth-order valence-electron chi connectivity index (χ4n) is 3.64. The Labute approximate surface area is 137 Å². The van der Waals surface area contributed by atoms with Crippen LogP contribution in [0.2, 0.25) is 0 Å². The van der Waals surface area contributed by atoms with Gasteiger partial charge in [-0.25, -0.2) is 0 Å². The Morgan fingerprint density at radius 3 is 2.96 bits per heavy atom. The standard InChI is InChI=1S/C18H24N2O3/c1-13(12-23-2)20-11-15(10-17(20)21)18(22)19-9-5-7-14-6-3-4-8-16(14)19/h3-4,6,8,13,15H,5,7,9-12H2,1-2H3/t13-,15+/m0/s1. The molecule has 2 aliphatic rings. The number of likely N-dealkylation sites (tertiary alicyclic amines) is 1. The van der Waals surface area contributed by atoms with Crippen molar-refractivity contribution in [3.8, 4) is 0 Å². The van der Waals surface area contributed by atoms with E-state index in [2.05, 4.69) is 6.07 Å². The average Bonchev–Trinajstić information content (AvgIpc) is 2.96. The summed E-state index contributed by atoms with van der Waals surface area (Å²) in [5.74, 6) is -0.108. The number of benzene rings is 1. The third-order valence-corrected chi connectivity index (χ3v) is 4.82. The lowest BCUT2D eigenvalue weighted by Crippen LogP contribution is -2.42. The second-order valence-corrected chi connectivity index (χ2v) is 6.47. The maximum absolute atomic E-state index is 13.0. The number of methoxy groups -OCH3 is 1. The molecule has 5 heteroatoms. The first-order chi connectivity index (χ1) is 11.1. The molecule has 0 bridgehead atoms. The van der Waals surface area contributed by atoms with Gasteiger partial charge in [-0.3, -0.25) is 9.59 Å². The summed E-state index contributed by atoms with van der Waals surface area (Å²) >= 11 is 0. The van der Waals surface area contributed by atoms with Crippen LogP contribution in [0.25, 0.3) is 0 Å². The van der Waals surface area contributed by atoms with Gasteiger partial charge in [0.05, 0.1) is 18.6 Å². The maximum atomic E-state index is 13.0. The molecule has 2 heterocycles. The quantitative estimate of drug-likeness (QED) is 0.852. The third-order valence-electron chi connectivity index (χ3n) is 4.82. The molecule has 3 rings (SSSR count). The maximum Gasteiger partial charge on any atom is 0.232 e. The van der Waals surface area contributed by atoms with E-state index in [4.69, 9.17) is 4.74 Å². The summed E-state index contributed by atoms with van der Waals surface area (Å²) in [5.41, 5.74) is 2.24. The number of hydrogen-bond acceptors (Lipinski definition) is 3. The van der Waals surface area contributed by atoms with Gasteiger partial charge in [-0.05, 0) is 31.4 Å². The Kier molecular flexibility index (Phi) is 4.66. The van der Waals surface area contributed by atoms with E-state index in [1.165, 1.54) is 5.56 Å². The van der Waals surface area contributed by atoms with Crippen LogP contribution in [-0.4, -0.2) is 49.6 Å². The molecular formula is C18H24N2O3. The lowest BCUT2D eigenvalue weighted by molar-refractivity contribution is -0.130. The van der Waals surface area contributed by atoms with Crippen molar-refractivity contribution in [2.75, 3.05) is 31.7 Å². The van der Waals surface area contributed by atoms with Crippen molar-refractivity contribution in [3.63, 3.8) is 0 Å². The minimum absolute atomic E-state index is 0.0129. The van der Waals surface area contributed by atoms with E-state index in [1.807, 2.05) is 30.0 Å². The van der Waals surface area contributed by atoms with Gasteiger partial charge in [-0.2, -0.15) is 0 Å². The first-order valence-electron chi connectivity index (χ1n) is 8.29. The Morgan fingerprint density at radius 2 is 2.17 bits per heavy atom. The van der Waals surface area contributed by atoms with Crippen LogP contribution in [0.4, 0.5) is 5.69 Å². The number of anilines is 1. The topological polar surface area (TPSA) is 49.9 Å². The highest BCUT2D eigenvalue weighted by molar-refractivity contribution is 5.99. The predicted octanol–water partition coefficient (Wildman–Crippen LogP) is 1.85. The summed E-state index contributed by atoms with van der Waals surface area (Å²) in [5, 5.41) is 0. The number of fused-ring (bicyclic) bond motifs is 1. The monoisotopic (exact) mass is 316 g/mol. The van der Waals surface area contributed by atoms with Gasteiger partial charge in [-0.15, -0.1) is 0 Å². The van der Waals surface area contributed by atoms with Gasteiger partial charge in [0.15, 0.2) is 0 Å². The van der Waals surface area contributed by atoms with Crippen LogP contribution in [-0.2, 0) is 20.7 Å². The molecule has 2 aliphatic heterocycles. The normalized spacial score (nSPS) is 22.2. The fourth-order valence-corrected chi connectivity index (χ4v) is 3.64.